The third-order valence-corrected chi connectivity index (χ3v) is 5.05. The van der Waals surface area contributed by atoms with E-state index in [9.17, 15) is 4.79 Å². The standard InChI is InChI=1S/C22H23N3O3/c1-27-18-10-8-16(9-11-18)21-20-7-4-12-24(20)13-14-25(21)22(26)23-17-5-3-6-19(15-17)28-2/h3-12,15,21H,13-14H2,1-2H3,(H,23,26)/t21-/m0/s1. The fourth-order valence-corrected chi connectivity index (χ4v) is 3.64. The Balaban J connectivity index is 1.64. The fraction of sp³-hybridized carbons (Fsp3) is 0.227. The first-order valence-corrected chi connectivity index (χ1v) is 9.20. The molecule has 2 aromatic carbocycles. The van der Waals surface area contributed by atoms with Crippen molar-refractivity contribution in [2.45, 2.75) is 12.6 Å². The molecule has 0 aliphatic carbocycles. The summed E-state index contributed by atoms with van der Waals surface area (Å²) in [5.74, 6) is 1.50. The first-order valence-electron chi connectivity index (χ1n) is 9.20. The van der Waals surface area contributed by atoms with Crippen LogP contribution in [0.3, 0.4) is 0 Å². The van der Waals surface area contributed by atoms with E-state index in [-0.39, 0.29) is 12.1 Å². The van der Waals surface area contributed by atoms with Crippen molar-refractivity contribution >= 4 is 11.7 Å². The zero-order valence-corrected chi connectivity index (χ0v) is 16.0. The van der Waals surface area contributed by atoms with Crippen LogP contribution in [0.4, 0.5) is 10.5 Å². The van der Waals surface area contributed by atoms with Gasteiger partial charge < -0.3 is 24.3 Å². The van der Waals surface area contributed by atoms with Crippen LogP contribution in [0.25, 0.3) is 0 Å². The van der Waals surface area contributed by atoms with Crippen molar-refractivity contribution < 1.29 is 14.3 Å². The van der Waals surface area contributed by atoms with Crippen molar-refractivity contribution in [3.8, 4) is 11.5 Å². The number of anilines is 1. The molecule has 0 fully saturated rings. The Morgan fingerprint density at radius 3 is 2.50 bits per heavy atom. The lowest BCUT2D eigenvalue weighted by Gasteiger charge is -2.37. The van der Waals surface area contributed by atoms with Crippen LogP contribution in [0, 0.1) is 0 Å². The molecule has 1 aliphatic rings. The number of carbonyl (C=O) groups excluding carboxylic acids is 1. The van der Waals surface area contributed by atoms with Gasteiger partial charge in [0.25, 0.3) is 0 Å². The zero-order valence-electron chi connectivity index (χ0n) is 16.0. The molecule has 1 atom stereocenters. The van der Waals surface area contributed by atoms with Gasteiger partial charge in [0.2, 0.25) is 0 Å². The number of hydrogen-bond donors (Lipinski definition) is 1. The molecular formula is C22H23N3O3. The number of rotatable bonds is 4. The predicted molar refractivity (Wildman–Crippen MR) is 108 cm³/mol. The van der Waals surface area contributed by atoms with E-state index < -0.39 is 0 Å². The molecule has 6 nitrogen and oxygen atoms in total. The summed E-state index contributed by atoms with van der Waals surface area (Å²) >= 11 is 0. The highest BCUT2D eigenvalue weighted by Crippen LogP contribution is 2.33. The summed E-state index contributed by atoms with van der Waals surface area (Å²) in [4.78, 5) is 15.0. The Bertz CT molecular complexity index is 965. The minimum absolute atomic E-state index is 0.137. The lowest BCUT2D eigenvalue weighted by Crippen LogP contribution is -2.44. The second kappa shape index (κ2) is 7.68. The van der Waals surface area contributed by atoms with Crippen molar-refractivity contribution in [2.24, 2.45) is 0 Å². The normalized spacial score (nSPS) is 15.6. The van der Waals surface area contributed by atoms with Gasteiger partial charge in [0.15, 0.2) is 0 Å². The van der Waals surface area contributed by atoms with Crippen molar-refractivity contribution in [2.75, 3.05) is 26.1 Å². The topological polar surface area (TPSA) is 55.7 Å². The molecule has 144 valence electrons. The number of methoxy groups -OCH3 is 2. The molecule has 0 radical (unpaired) electrons. The van der Waals surface area contributed by atoms with Gasteiger partial charge in [0.05, 0.1) is 20.3 Å². The number of nitrogens with one attached hydrogen (secondary N) is 1. The number of urea groups is 1. The van der Waals surface area contributed by atoms with Gasteiger partial charge in [0.1, 0.15) is 11.5 Å². The predicted octanol–water partition coefficient (Wildman–Crippen LogP) is 4.14. The Labute approximate surface area is 164 Å². The van der Waals surface area contributed by atoms with Gasteiger partial charge in [-0.3, -0.25) is 0 Å². The van der Waals surface area contributed by atoms with Crippen LogP contribution in [0.1, 0.15) is 17.3 Å². The third-order valence-electron chi connectivity index (χ3n) is 5.05. The van der Waals surface area contributed by atoms with Crippen LogP contribution in [0.15, 0.2) is 66.9 Å². The minimum Gasteiger partial charge on any atom is -0.497 e. The largest absolute Gasteiger partial charge is 0.497 e. The first-order chi connectivity index (χ1) is 13.7. The molecule has 6 heteroatoms. The fourth-order valence-electron chi connectivity index (χ4n) is 3.64. The van der Waals surface area contributed by atoms with Crippen LogP contribution in [-0.4, -0.2) is 36.3 Å². The Morgan fingerprint density at radius 1 is 0.964 bits per heavy atom. The lowest BCUT2D eigenvalue weighted by molar-refractivity contribution is 0.182. The Kier molecular flexibility index (Phi) is 4.93. The van der Waals surface area contributed by atoms with Gasteiger partial charge in [-0.15, -0.1) is 0 Å². The number of amides is 2. The second-order valence-electron chi connectivity index (χ2n) is 6.66. The third kappa shape index (κ3) is 3.41. The molecule has 1 aliphatic heterocycles. The smallest absolute Gasteiger partial charge is 0.322 e. The second-order valence-corrected chi connectivity index (χ2v) is 6.66. The summed E-state index contributed by atoms with van der Waals surface area (Å²) in [5, 5.41) is 3.00. The van der Waals surface area contributed by atoms with Gasteiger partial charge in [-0.2, -0.15) is 0 Å². The summed E-state index contributed by atoms with van der Waals surface area (Å²) in [6.45, 7) is 1.38. The van der Waals surface area contributed by atoms with Gasteiger partial charge in [0, 0.05) is 36.7 Å². The summed E-state index contributed by atoms with van der Waals surface area (Å²) in [5.41, 5.74) is 2.84. The number of nitrogens with zero attached hydrogens (tertiary/aromatic N) is 2. The first kappa shape index (κ1) is 18.0. The molecule has 2 heterocycles. The maximum absolute atomic E-state index is 13.1. The summed E-state index contributed by atoms with van der Waals surface area (Å²) in [6, 6.07) is 19.0. The van der Waals surface area contributed by atoms with Gasteiger partial charge in [-0.05, 0) is 42.0 Å². The molecule has 2 amide bonds. The Hall–Kier alpha value is -3.41. The molecule has 0 spiro atoms. The van der Waals surface area contributed by atoms with Crippen LogP contribution >= 0.6 is 0 Å². The number of aromatic nitrogens is 1. The molecule has 0 saturated carbocycles. The SMILES string of the molecule is COc1ccc([C@H]2c3cccn3CCN2C(=O)Nc2cccc(OC)c2)cc1. The van der Waals surface area contributed by atoms with Gasteiger partial charge >= 0.3 is 6.03 Å². The van der Waals surface area contributed by atoms with E-state index in [4.69, 9.17) is 9.47 Å². The van der Waals surface area contributed by atoms with Crippen LogP contribution in [0.2, 0.25) is 0 Å². The monoisotopic (exact) mass is 377 g/mol. The molecule has 4 rings (SSSR count). The molecule has 3 aromatic rings. The highest BCUT2D eigenvalue weighted by Gasteiger charge is 2.32. The number of benzene rings is 2. The molecule has 0 saturated heterocycles. The maximum Gasteiger partial charge on any atom is 0.322 e. The number of hydrogen-bond acceptors (Lipinski definition) is 3. The summed E-state index contributed by atoms with van der Waals surface area (Å²) in [7, 11) is 3.26. The van der Waals surface area contributed by atoms with E-state index in [1.165, 1.54) is 0 Å². The molecule has 1 aromatic heterocycles. The molecule has 0 unspecified atom stereocenters. The highest BCUT2D eigenvalue weighted by molar-refractivity contribution is 5.90. The van der Waals surface area contributed by atoms with E-state index in [0.29, 0.717) is 18.0 Å². The van der Waals surface area contributed by atoms with E-state index in [2.05, 4.69) is 22.1 Å². The van der Waals surface area contributed by atoms with Crippen LogP contribution in [-0.2, 0) is 6.54 Å². The minimum atomic E-state index is -0.166. The summed E-state index contributed by atoms with van der Waals surface area (Å²) < 4.78 is 12.7. The van der Waals surface area contributed by atoms with Gasteiger partial charge in [-0.25, -0.2) is 4.79 Å². The quantitative estimate of drug-likeness (QED) is 0.743. The number of ether oxygens (including phenoxy) is 2. The van der Waals surface area contributed by atoms with E-state index in [1.807, 2.05) is 59.5 Å². The van der Waals surface area contributed by atoms with Gasteiger partial charge in [-0.1, -0.05) is 18.2 Å². The number of carbonyl (C=O) groups is 1. The van der Waals surface area contributed by atoms with Crippen molar-refractivity contribution in [1.29, 1.82) is 0 Å². The van der Waals surface area contributed by atoms with Crippen molar-refractivity contribution in [1.82, 2.24) is 9.47 Å². The van der Waals surface area contributed by atoms with Crippen molar-refractivity contribution in [3.63, 3.8) is 0 Å². The maximum atomic E-state index is 13.1. The van der Waals surface area contributed by atoms with E-state index in [1.54, 1.807) is 14.2 Å². The zero-order chi connectivity index (χ0) is 19.5. The Morgan fingerprint density at radius 2 is 1.75 bits per heavy atom. The molecular weight excluding hydrogens is 354 g/mol. The average Bonchev–Trinajstić information content (AvgIpc) is 3.22. The van der Waals surface area contributed by atoms with Crippen LogP contribution in [0.5, 0.6) is 11.5 Å². The van der Waals surface area contributed by atoms with E-state index in [0.717, 1.165) is 23.6 Å². The van der Waals surface area contributed by atoms with Crippen LogP contribution < -0.4 is 14.8 Å². The molecule has 1 N–H and O–H groups in total. The lowest BCUT2D eigenvalue weighted by atomic mass is 10.00. The molecule has 0 bridgehead atoms. The average molecular weight is 377 g/mol. The number of fused-ring (bicyclic) bond motifs is 1. The highest BCUT2D eigenvalue weighted by atomic mass is 16.5. The van der Waals surface area contributed by atoms with E-state index >= 15 is 0 Å². The summed E-state index contributed by atoms with van der Waals surface area (Å²) in [6.07, 6.45) is 2.06. The molecule has 28 heavy (non-hydrogen) atoms. The van der Waals surface area contributed by atoms with Crippen molar-refractivity contribution in [3.05, 3.63) is 78.1 Å².